The van der Waals surface area contributed by atoms with Gasteiger partial charge in [0.15, 0.2) is 5.58 Å². The third-order valence-corrected chi connectivity index (χ3v) is 15.3. The monoisotopic (exact) mass is 1040 g/mol. The van der Waals surface area contributed by atoms with E-state index in [2.05, 4.69) is 32.8 Å². The summed E-state index contributed by atoms with van der Waals surface area (Å²) in [6.45, 7) is 16.6. The third kappa shape index (κ3) is 13.0. The smallest absolute Gasteiger partial charge is 0.336 e. The summed E-state index contributed by atoms with van der Waals surface area (Å²) in [5.74, 6) is -0.0979. The van der Waals surface area contributed by atoms with E-state index in [1.807, 2.05) is 109 Å². The number of nitrogens with two attached hydrogens (primary N) is 1. The lowest BCUT2D eigenvalue weighted by Crippen LogP contribution is -2.61. The van der Waals surface area contributed by atoms with E-state index in [0.29, 0.717) is 46.5 Å². The van der Waals surface area contributed by atoms with Crippen molar-refractivity contribution in [2.75, 3.05) is 13.1 Å². The van der Waals surface area contributed by atoms with Crippen molar-refractivity contribution in [3.63, 3.8) is 0 Å². The van der Waals surface area contributed by atoms with Crippen LogP contribution < -0.4 is 36.8 Å². The first kappa shape index (κ1) is 55.6. The second-order valence-electron chi connectivity index (χ2n) is 22.9. The van der Waals surface area contributed by atoms with E-state index in [0.717, 1.165) is 66.0 Å². The van der Waals surface area contributed by atoms with Crippen molar-refractivity contribution in [1.29, 1.82) is 0 Å². The number of aliphatic hydroxyl groups is 2. The van der Waals surface area contributed by atoms with Crippen LogP contribution in [0.4, 0.5) is 0 Å². The number of nitrogens with one attached hydrogen (secondary N) is 3. The van der Waals surface area contributed by atoms with Gasteiger partial charge in [-0.1, -0.05) is 94.1 Å². The number of primary amides is 1. The highest BCUT2D eigenvalue weighted by Crippen LogP contribution is 2.52. The van der Waals surface area contributed by atoms with Gasteiger partial charge < -0.3 is 45.8 Å². The van der Waals surface area contributed by atoms with E-state index < -0.39 is 71.2 Å². The van der Waals surface area contributed by atoms with E-state index in [1.165, 1.54) is 12.5 Å². The van der Waals surface area contributed by atoms with E-state index >= 15 is 0 Å². The Bertz CT molecular complexity index is 3020. The van der Waals surface area contributed by atoms with Crippen LogP contribution in [0.3, 0.4) is 0 Å². The molecule has 3 aromatic carbocycles. The van der Waals surface area contributed by atoms with Crippen LogP contribution in [-0.4, -0.2) is 98.3 Å². The van der Waals surface area contributed by atoms with Crippen LogP contribution in [0.15, 0.2) is 88.1 Å². The summed E-state index contributed by atoms with van der Waals surface area (Å²) in [5, 5.41) is 33.2. The second-order valence-corrected chi connectivity index (χ2v) is 22.9. The Morgan fingerprint density at radius 2 is 1.66 bits per heavy atom. The van der Waals surface area contributed by atoms with Crippen molar-refractivity contribution < 1.29 is 43.3 Å². The molecule has 2 aromatic heterocycles. The molecule has 1 saturated carbocycles. The lowest BCUT2D eigenvalue weighted by atomic mass is 9.72. The summed E-state index contributed by atoms with van der Waals surface area (Å²) in [6, 6.07) is 19.2. The van der Waals surface area contributed by atoms with Gasteiger partial charge in [0.05, 0.1) is 52.7 Å². The molecular formula is C60H76N6O10. The minimum absolute atomic E-state index is 0.0566. The number of nitrogens with zero attached hydrogens (tertiary/aromatic N) is 2. The fourth-order valence-electron chi connectivity index (χ4n) is 11.2. The lowest BCUT2D eigenvalue weighted by molar-refractivity contribution is -0.133. The Balaban J connectivity index is 0.000000237. The van der Waals surface area contributed by atoms with Gasteiger partial charge in [-0.15, -0.1) is 0 Å². The summed E-state index contributed by atoms with van der Waals surface area (Å²) < 4.78 is 18.1. The number of hydrogen-bond acceptors (Lipinski definition) is 12. The van der Waals surface area contributed by atoms with Gasteiger partial charge in [-0.05, 0) is 114 Å². The first-order chi connectivity index (χ1) is 36.1. The molecule has 76 heavy (non-hydrogen) atoms. The Morgan fingerprint density at radius 3 is 2.37 bits per heavy atom. The van der Waals surface area contributed by atoms with Crippen molar-refractivity contribution in [3.05, 3.63) is 117 Å². The largest absolute Gasteiger partial charge is 0.489 e. The Labute approximate surface area is 445 Å². The van der Waals surface area contributed by atoms with Crippen LogP contribution in [0.1, 0.15) is 139 Å². The number of aryl methyl sites for hydroxylation is 1. The maximum absolute atomic E-state index is 13.8. The number of benzene rings is 3. The van der Waals surface area contributed by atoms with Gasteiger partial charge in [0.25, 0.3) is 5.91 Å². The molecule has 16 heteroatoms. The number of ether oxygens (including phenoxy) is 2. The van der Waals surface area contributed by atoms with Crippen molar-refractivity contribution >= 4 is 51.6 Å². The number of piperidine rings is 1. The molecule has 5 aromatic rings. The van der Waals surface area contributed by atoms with Gasteiger partial charge in [-0.25, -0.2) is 9.78 Å². The second kappa shape index (κ2) is 23.3. The molecule has 16 nitrogen and oxygen atoms in total. The number of β-amino-alcohol motifs (C(OH)–C–C–N with tert-alkyl or cyclic N) is 1. The number of aliphatic hydroxyl groups excluding tert-OH is 2. The fourth-order valence-corrected chi connectivity index (χ4v) is 11.2. The Kier molecular flexibility index (Phi) is 17.1. The molecule has 0 radical (unpaired) electrons. The maximum atomic E-state index is 13.8. The van der Waals surface area contributed by atoms with Crippen LogP contribution in [0.2, 0.25) is 0 Å². The zero-order valence-electron chi connectivity index (χ0n) is 45.2. The molecule has 7 N–H and O–H groups in total. The van der Waals surface area contributed by atoms with Gasteiger partial charge in [0.2, 0.25) is 17.7 Å². The SMILES string of the molecule is CC(C)(C)NC(=O)[C@@H]1C[C@@H]2CCCC[C@@H]2CN1C[C@@H](O)[C@H](Cc1ccccc1)NC(=O)[C@H](CC(N)=O)NC(=O)c1ccc2ccccc2n1.CCCc1cc(=O)oc2c3c(c4c(c12)OC(C)(C)C=C4)O[C@H](C)[C@@H](C)[C@@H]3O. The number of para-hydroxylation sites is 1. The normalized spacial score (nSPS) is 22.9. The molecule has 406 valence electrons. The number of carbonyl (C=O) groups excluding carboxylic acids is 4. The fraction of sp³-hybridized carbons (Fsp3) is 0.500. The first-order valence-electron chi connectivity index (χ1n) is 27.0. The van der Waals surface area contributed by atoms with Gasteiger partial charge in [0.1, 0.15) is 34.9 Å². The standard InChI is InChI=1S/C38H50N6O5.C22H26O5/c1-38(2,3)43-37(49)32-20-26-14-7-8-15-27(26)22-44(32)23-33(45)30(19-24-11-5-4-6-12-24)41-36(48)31(21-34(39)46)42-35(47)29-18-17-25-13-9-10-16-28(25)40-29;1-6-7-13-10-15(23)26-21-16(13)20-14(8-9-22(4,5)27-20)19-17(21)18(24)11(2)12(3)25-19/h4-6,9-13,16-18,26-27,30-33,45H,7-8,14-15,19-23H2,1-3H3,(H2,39,46)(H,41,48)(H,42,47)(H,43,49);8-12,18,24H,6-7H2,1-5H3/t26-,27+,30-,31-,32-,33+;11-,12-,18+/m01/s1. The molecule has 9 rings (SSSR count). The molecule has 1 saturated heterocycles. The molecule has 0 unspecified atom stereocenters. The van der Waals surface area contributed by atoms with Gasteiger partial charge in [-0.3, -0.25) is 24.1 Å². The topological polar surface area (TPSA) is 236 Å². The Hall–Kier alpha value is -6.62. The van der Waals surface area contributed by atoms with E-state index in [4.69, 9.17) is 19.6 Å². The molecule has 2 fully saturated rings. The molecule has 4 aliphatic rings. The number of carbonyl (C=O) groups is 4. The molecule has 0 bridgehead atoms. The number of likely N-dealkylation sites (tertiary alicyclic amines) is 1. The number of aromatic nitrogens is 1. The van der Waals surface area contributed by atoms with Gasteiger partial charge in [-0.2, -0.15) is 0 Å². The number of hydrogen-bond donors (Lipinski definition) is 6. The molecule has 4 amide bonds. The van der Waals surface area contributed by atoms with E-state index in [1.54, 1.807) is 18.2 Å². The maximum Gasteiger partial charge on any atom is 0.336 e. The number of amides is 4. The van der Waals surface area contributed by atoms with Gasteiger partial charge >= 0.3 is 5.63 Å². The highest BCUT2D eigenvalue weighted by atomic mass is 16.5. The molecule has 1 aliphatic carbocycles. The summed E-state index contributed by atoms with van der Waals surface area (Å²) in [4.78, 5) is 71.5. The zero-order valence-corrected chi connectivity index (χ0v) is 45.2. The van der Waals surface area contributed by atoms with Crippen LogP contribution in [0, 0.1) is 17.8 Å². The predicted octanol–water partition coefficient (Wildman–Crippen LogP) is 7.47. The first-order valence-corrected chi connectivity index (χ1v) is 27.0. The van der Waals surface area contributed by atoms with Crippen molar-refractivity contribution in [2.24, 2.45) is 23.5 Å². The Morgan fingerprint density at radius 1 is 0.947 bits per heavy atom. The van der Waals surface area contributed by atoms with Crippen LogP contribution in [0.5, 0.6) is 11.5 Å². The molecule has 5 heterocycles. The molecule has 9 atom stereocenters. The quantitative estimate of drug-likeness (QED) is 0.0595. The minimum atomic E-state index is -1.30. The third-order valence-electron chi connectivity index (χ3n) is 15.3. The average Bonchev–Trinajstić information content (AvgIpc) is 3.42. The van der Waals surface area contributed by atoms with Crippen LogP contribution in [-0.2, 0) is 27.2 Å². The highest BCUT2D eigenvalue weighted by Gasteiger charge is 2.43. The zero-order chi connectivity index (χ0) is 54.6. The van der Waals surface area contributed by atoms with Crippen LogP contribution >= 0.6 is 0 Å². The summed E-state index contributed by atoms with van der Waals surface area (Å²) >= 11 is 0. The van der Waals surface area contributed by atoms with Gasteiger partial charge in [0, 0.05) is 36.0 Å². The average molecular weight is 1040 g/mol. The summed E-state index contributed by atoms with van der Waals surface area (Å²) in [6.07, 6.45) is 8.68. The van der Waals surface area contributed by atoms with Crippen molar-refractivity contribution in [2.45, 2.75) is 161 Å². The predicted molar refractivity (Wildman–Crippen MR) is 293 cm³/mol. The number of pyridine rings is 1. The highest BCUT2D eigenvalue weighted by molar-refractivity contribution is 5.99. The number of fused-ring (bicyclic) bond motifs is 8. The molecular weight excluding hydrogens is 965 g/mol. The summed E-state index contributed by atoms with van der Waals surface area (Å²) in [5.41, 5.74) is 8.42. The molecule has 3 aliphatic heterocycles. The van der Waals surface area contributed by atoms with E-state index in [-0.39, 0.29) is 36.6 Å². The number of rotatable bonds is 14. The summed E-state index contributed by atoms with van der Waals surface area (Å²) in [7, 11) is 0. The van der Waals surface area contributed by atoms with E-state index in [9.17, 15) is 34.2 Å². The van der Waals surface area contributed by atoms with Crippen molar-refractivity contribution in [1.82, 2.24) is 25.8 Å². The van der Waals surface area contributed by atoms with Crippen LogP contribution in [0.25, 0.3) is 27.9 Å². The lowest BCUT2D eigenvalue weighted by Gasteiger charge is -2.47. The minimum Gasteiger partial charge on any atom is -0.489 e. The molecule has 0 spiro atoms. The van der Waals surface area contributed by atoms with Crippen molar-refractivity contribution in [3.8, 4) is 11.5 Å².